The summed E-state index contributed by atoms with van der Waals surface area (Å²) in [5.41, 5.74) is 2.44. The van der Waals surface area contributed by atoms with E-state index in [0.717, 1.165) is 32.7 Å². The quantitative estimate of drug-likeness (QED) is 0.846. The Labute approximate surface area is 127 Å². The molecule has 0 aromatic heterocycles. The Balaban J connectivity index is 1.79. The normalized spacial score (nSPS) is 16.4. The van der Waals surface area contributed by atoms with Crippen molar-refractivity contribution in [3.8, 4) is 0 Å². The Morgan fingerprint density at radius 1 is 1.14 bits per heavy atom. The van der Waals surface area contributed by atoms with Gasteiger partial charge >= 0.3 is 0 Å². The molecule has 4 heteroatoms. The number of rotatable bonds is 4. The number of hydrogen-bond acceptors (Lipinski definition) is 3. The van der Waals surface area contributed by atoms with Crippen LogP contribution in [0.1, 0.15) is 12.5 Å². The maximum Gasteiger partial charge on any atom is 0.219 e. The summed E-state index contributed by atoms with van der Waals surface area (Å²) in [7, 11) is 4.09. The first-order valence-corrected chi connectivity index (χ1v) is 7.48. The molecular weight excluding hydrogens is 262 g/mol. The van der Waals surface area contributed by atoms with Gasteiger partial charge < -0.3 is 9.80 Å². The van der Waals surface area contributed by atoms with Gasteiger partial charge in [0.1, 0.15) is 0 Å². The first-order chi connectivity index (χ1) is 10.1. The second-order valence-corrected chi connectivity index (χ2v) is 5.70. The standard InChI is InChI=1S/C17H25N3O/c1-15(21)20-13-11-19(12-14-20)10-4-5-16-6-8-17(9-7-16)18(2)3/h4-9H,10-14H2,1-3H3. The van der Waals surface area contributed by atoms with Crippen molar-refractivity contribution in [1.29, 1.82) is 0 Å². The molecule has 114 valence electrons. The lowest BCUT2D eigenvalue weighted by molar-refractivity contribution is -0.130. The molecule has 0 aliphatic carbocycles. The Morgan fingerprint density at radius 3 is 2.29 bits per heavy atom. The molecule has 1 amide bonds. The highest BCUT2D eigenvalue weighted by atomic mass is 16.2. The third-order valence-electron chi connectivity index (χ3n) is 3.90. The number of carbonyl (C=O) groups excluding carboxylic acids is 1. The number of nitrogens with zero attached hydrogens (tertiary/aromatic N) is 3. The highest BCUT2D eigenvalue weighted by Crippen LogP contribution is 2.13. The number of anilines is 1. The summed E-state index contributed by atoms with van der Waals surface area (Å²) < 4.78 is 0. The molecule has 1 saturated heterocycles. The van der Waals surface area contributed by atoms with Gasteiger partial charge in [-0.05, 0) is 17.7 Å². The molecule has 0 spiro atoms. The van der Waals surface area contributed by atoms with Crippen molar-refractivity contribution in [2.75, 3.05) is 51.7 Å². The van der Waals surface area contributed by atoms with Crippen molar-refractivity contribution in [3.05, 3.63) is 35.9 Å². The van der Waals surface area contributed by atoms with Crippen molar-refractivity contribution >= 4 is 17.7 Å². The van der Waals surface area contributed by atoms with Gasteiger partial charge in [-0.15, -0.1) is 0 Å². The van der Waals surface area contributed by atoms with Crippen LogP contribution in [0.2, 0.25) is 0 Å². The summed E-state index contributed by atoms with van der Waals surface area (Å²) in [6, 6.07) is 8.54. The molecule has 0 radical (unpaired) electrons. The zero-order valence-corrected chi connectivity index (χ0v) is 13.2. The maximum absolute atomic E-state index is 11.3. The minimum absolute atomic E-state index is 0.186. The fourth-order valence-corrected chi connectivity index (χ4v) is 2.47. The van der Waals surface area contributed by atoms with Crippen LogP contribution in [0.25, 0.3) is 6.08 Å². The Kier molecular flexibility index (Phi) is 5.39. The molecule has 1 heterocycles. The third-order valence-corrected chi connectivity index (χ3v) is 3.90. The summed E-state index contributed by atoms with van der Waals surface area (Å²) in [5.74, 6) is 0.186. The maximum atomic E-state index is 11.3. The minimum atomic E-state index is 0.186. The highest BCUT2D eigenvalue weighted by Gasteiger charge is 2.17. The fraction of sp³-hybridized carbons (Fsp3) is 0.471. The van der Waals surface area contributed by atoms with E-state index in [1.54, 1.807) is 6.92 Å². The summed E-state index contributed by atoms with van der Waals surface area (Å²) in [6.45, 7) is 6.21. The van der Waals surface area contributed by atoms with Crippen molar-refractivity contribution < 1.29 is 4.79 Å². The molecule has 1 aromatic carbocycles. The van der Waals surface area contributed by atoms with Gasteiger partial charge in [-0.1, -0.05) is 24.3 Å². The third kappa shape index (κ3) is 4.60. The van der Waals surface area contributed by atoms with Crippen LogP contribution in [-0.2, 0) is 4.79 Å². The Hall–Kier alpha value is -1.81. The molecule has 1 aromatic rings. The van der Waals surface area contributed by atoms with Gasteiger partial charge in [0.15, 0.2) is 0 Å². The van der Waals surface area contributed by atoms with Gasteiger partial charge in [-0.2, -0.15) is 0 Å². The van der Waals surface area contributed by atoms with Gasteiger partial charge in [0.05, 0.1) is 0 Å². The molecule has 0 bridgehead atoms. The van der Waals surface area contributed by atoms with E-state index in [2.05, 4.69) is 46.2 Å². The number of amides is 1. The topological polar surface area (TPSA) is 26.8 Å². The average Bonchev–Trinajstić information content (AvgIpc) is 2.48. The van der Waals surface area contributed by atoms with E-state index >= 15 is 0 Å². The smallest absolute Gasteiger partial charge is 0.219 e. The number of hydrogen-bond donors (Lipinski definition) is 0. The van der Waals surface area contributed by atoms with Crippen LogP contribution in [0.3, 0.4) is 0 Å². The van der Waals surface area contributed by atoms with Crippen LogP contribution in [0.15, 0.2) is 30.3 Å². The first-order valence-electron chi connectivity index (χ1n) is 7.48. The molecule has 4 nitrogen and oxygen atoms in total. The fourth-order valence-electron chi connectivity index (χ4n) is 2.47. The number of benzene rings is 1. The zero-order chi connectivity index (χ0) is 15.2. The molecule has 0 unspecified atom stereocenters. The predicted molar refractivity (Wildman–Crippen MR) is 88.5 cm³/mol. The molecular formula is C17H25N3O. The molecule has 1 aliphatic rings. The zero-order valence-electron chi connectivity index (χ0n) is 13.2. The van der Waals surface area contributed by atoms with Crippen LogP contribution in [-0.4, -0.2) is 62.5 Å². The van der Waals surface area contributed by atoms with Gasteiger partial charge in [0, 0.05) is 59.4 Å². The van der Waals surface area contributed by atoms with E-state index in [4.69, 9.17) is 0 Å². The van der Waals surface area contributed by atoms with Crippen LogP contribution in [0.4, 0.5) is 5.69 Å². The van der Waals surface area contributed by atoms with Gasteiger partial charge in [-0.3, -0.25) is 9.69 Å². The van der Waals surface area contributed by atoms with Gasteiger partial charge in [-0.25, -0.2) is 0 Å². The molecule has 0 atom stereocenters. The molecule has 0 N–H and O–H groups in total. The Morgan fingerprint density at radius 2 is 1.76 bits per heavy atom. The van der Waals surface area contributed by atoms with E-state index < -0.39 is 0 Å². The second-order valence-electron chi connectivity index (χ2n) is 5.70. The number of carbonyl (C=O) groups is 1. The van der Waals surface area contributed by atoms with Crippen molar-refractivity contribution in [3.63, 3.8) is 0 Å². The second kappa shape index (κ2) is 7.27. The summed E-state index contributed by atoms with van der Waals surface area (Å²) in [6.07, 6.45) is 4.37. The monoisotopic (exact) mass is 287 g/mol. The molecule has 21 heavy (non-hydrogen) atoms. The van der Waals surface area contributed by atoms with Crippen molar-refractivity contribution in [1.82, 2.24) is 9.80 Å². The summed E-state index contributed by atoms with van der Waals surface area (Å²) in [4.78, 5) is 17.7. The largest absolute Gasteiger partial charge is 0.378 e. The van der Waals surface area contributed by atoms with Gasteiger partial charge in [0.2, 0.25) is 5.91 Å². The van der Waals surface area contributed by atoms with E-state index in [0.29, 0.717) is 0 Å². The van der Waals surface area contributed by atoms with Crippen molar-refractivity contribution in [2.24, 2.45) is 0 Å². The first kappa shape index (κ1) is 15.6. The molecule has 1 aliphatic heterocycles. The van der Waals surface area contributed by atoms with Crippen LogP contribution in [0, 0.1) is 0 Å². The lowest BCUT2D eigenvalue weighted by Crippen LogP contribution is -2.47. The average molecular weight is 287 g/mol. The summed E-state index contributed by atoms with van der Waals surface area (Å²) >= 11 is 0. The van der Waals surface area contributed by atoms with E-state index in [1.807, 2.05) is 19.0 Å². The SMILES string of the molecule is CC(=O)N1CCN(CC=Cc2ccc(N(C)C)cc2)CC1. The van der Waals surface area contributed by atoms with Crippen LogP contribution >= 0.6 is 0 Å². The lowest BCUT2D eigenvalue weighted by atomic mass is 10.2. The van der Waals surface area contributed by atoms with Gasteiger partial charge in [0.25, 0.3) is 0 Å². The predicted octanol–water partition coefficient (Wildman–Crippen LogP) is 1.93. The van der Waals surface area contributed by atoms with Crippen molar-refractivity contribution in [2.45, 2.75) is 6.92 Å². The van der Waals surface area contributed by atoms with E-state index in [-0.39, 0.29) is 5.91 Å². The van der Waals surface area contributed by atoms with E-state index in [1.165, 1.54) is 11.3 Å². The molecule has 2 rings (SSSR count). The molecule has 0 saturated carbocycles. The van der Waals surface area contributed by atoms with E-state index in [9.17, 15) is 4.79 Å². The summed E-state index contributed by atoms with van der Waals surface area (Å²) in [5, 5.41) is 0. The van der Waals surface area contributed by atoms with Crippen LogP contribution in [0.5, 0.6) is 0 Å². The molecule has 1 fully saturated rings. The lowest BCUT2D eigenvalue weighted by Gasteiger charge is -2.33. The highest BCUT2D eigenvalue weighted by molar-refractivity contribution is 5.73. The number of piperazine rings is 1. The van der Waals surface area contributed by atoms with Crippen LogP contribution < -0.4 is 4.90 Å². The minimum Gasteiger partial charge on any atom is -0.378 e. The Bertz CT molecular complexity index is 485.